The smallest absolute Gasteiger partial charge is 0.418 e. The summed E-state index contributed by atoms with van der Waals surface area (Å²) in [6.07, 6.45) is -2.08. The summed E-state index contributed by atoms with van der Waals surface area (Å²) in [5.74, 6) is 1.10. The van der Waals surface area contributed by atoms with Crippen molar-refractivity contribution in [3.05, 3.63) is 66.2 Å². The van der Waals surface area contributed by atoms with E-state index in [1.54, 1.807) is 35.9 Å². The molecule has 1 saturated heterocycles. The number of benzene rings is 2. The molecule has 0 aliphatic carbocycles. The molecule has 172 valence electrons. The maximum atomic E-state index is 12.5. The number of nitrogens with zero attached hydrogens (tertiary/aromatic N) is 3. The third kappa shape index (κ3) is 5.42. The molecule has 1 atom stereocenters. The molecule has 0 radical (unpaired) electrons. The average molecular weight is 452 g/mol. The number of carbonyl (C=O) groups is 2. The molecule has 1 aromatic heterocycles. The zero-order valence-electron chi connectivity index (χ0n) is 18.0. The Morgan fingerprint density at radius 2 is 1.85 bits per heavy atom. The third-order valence-electron chi connectivity index (χ3n) is 5.07. The van der Waals surface area contributed by atoms with Crippen LogP contribution in [-0.4, -0.2) is 64.4 Å². The molecule has 10 nitrogen and oxygen atoms in total. The van der Waals surface area contributed by atoms with Crippen LogP contribution in [0.5, 0.6) is 11.6 Å². The van der Waals surface area contributed by atoms with Gasteiger partial charge in [-0.2, -0.15) is 0 Å². The molecule has 1 aliphatic heterocycles. The van der Waals surface area contributed by atoms with Gasteiger partial charge in [0.25, 0.3) is 0 Å². The third-order valence-corrected chi connectivity index (χ3v) is 5.07. The van der Waals surface area contributed by atoms with E-state index in [1.165, 1.54) is 4.90 Å². The summed E-state index contributed by atoms with van der Waals surface area (Å²) >= 11 is 0. The lowest BCUT2D eigenvalue weighted by Crippen LogP contribution is -2.47. The largest absolute Gasteiger partial charge is 0.474 e. The van der Waals surface area contributed by atoms with Crippen molar-refractivity contribution < 1.29 is 28.9 Å². The molecule has 1 unspecified atom stereocenters. The van der Waals surface area contributed by atoms with Crippen LogP contribution in [0.15, 0.2) is 60.7 Å². The molecule has 0 bridgehead atoms. The number of aromatic nitrogens is 2. The van der Waals surface area contributed by atoms with Gasteiger partial charge in [0.2, 0.25) is 5.88 Å². The van der Waals surface area contributed by atoms with Crippen molar-refractivity contribution in [1.82, 2.24) is 14.7 Å². The van der Waals surface area contributed by atoms with Gasteiger partial charge in [-0.1, -0.05) is 36.4 Å². The van der Waals surface area contributed by atoms with E-state index < -0.39 is 18.3 Å². The van der Waals surface area contributed by atoms with Crippen LogP contribution in [0.3, 0.4) is 0 Å². The van der Waals surface area contributed by atoms with Crippen LogP contribution in [-0.2, 0) is 4.74 Å². The van der Waals surface area contributed by atoms with Crippen molar-refractivity contribution in [2.24, 2.45) is 0 Å². The predicted octanol–water partition coefficient (Wildman–Crippen LogP) is 3.55. The maximum Gasteiger partial charge on any atom is 0.418 e. The Labute approximate surface area is 190 Å². The Kier molecular flexibility index (Phi) is 6.75. The van der Waals surface area contributed by atoms with Crippen LogP contribution in [0.25, 0.3) is 5.69 Å². The zero-order valence-corrected chi connectivity index (χ0v) is 18.0. The SMILES string of the molecule is Cc1c(OCC2CN(C(=O)O)CCO2)nn(-c2ccccc2)c1NC(=O)Oc1ccccc1. The molecule has 2 amide bonds. The van der Waals surface area contributed by atoms with Gasteiger partial charge in [-0.25, -0.2) is 14.3 Å². The number of hydrogen-bond donors (Lipinski definition) is 2. The number of nitrogens with one attached hydrogen (secondary N) is 1. The summed E-state index contributed by atoms with van der Waals surface area (Å²) in [7, 11) is 0. The zero-order chi connectivity index (χ0) is 23.2. The molecule has 4 rings (SSSR count). The molecule has 33 heavy (non-hydrogen) atoms. The minimum Gasteiger partial charge on any atom is -0.474 e. The van der Waals surface area contributed by atoms with Crippen LogP contribution in [0.4, 0.5) is 15.4 Å². The first-order chi connectivity index (χ1) is 16.0. The Balaban J connectivity index is 1.52. The lowest BCUT2D eigenvalue weighted by molar-refractivity contribution is -0.0419. The summed E-state index contributed by atoms with van der Waals surface area (Å²) in [4.78, 5) is 25.1. The number of ether oxygens (including phenoxy) is 3. The first-order valence-electron chi connectivity index (χ1n) is 10.4. The van der Waals surface area contributed by atoms with E-state index in [1.807, 2.05) is 36.4 Å². The summed E-state index contributed by atoms with van der Waals surface area (Å²) in [6, 6.07) is 18.0. The minimum absolute atomic E-state index is 0.115. The number of para-hydroxylation sites is 2. The van der Waals surface area contributed by atoms with Gasteiger partial charge in [0.1, 0.15) is 24.3 Å². The van der Waals surface area contributed by atoms with Crippen LogP contribution in [0, 0.1) is 6.92 Å². The summed E-state index contributed by atoms with van der Waals surface area (Å²) in [5, 5.41) is 16.5. The highest BCUT2D eigenvalue weighted by molar-refractivity contribution is 5.87. The Hall–Kier alpha value is -4.05. The van der Waals surface area contributed by atoms with Gasteiger partial charge in [0.15, 0.2) is 0 Å². The minimum atomic E-state index is -0.990. The number of carbonyl (C=O) groups excluding carboxylic acids is 1. The fourth-order valence-electron chi connectivity index (χ4n) is 3.40. The monoisotopic (exact) mass is 452 g/mol. The normalized spacial score (nSPS) is 15.7. The molecule has 1 fully saturated rings. The first-order valence-corrected chi connectivity index (χ1v) is 10.4. The van der Waals surface area contributed by atoms with E-state index in [0.717, 1.165) is 5.69 Å². The molecule has 1 aliphatic rings. The number of anilines is 1. The second-order valence-corrected chi connectivity index (χ2v) is 7.39. The fourth-order valence-corrected chi connectivity index (χ4v) is 3.40. The van der Waals surface area contributed by atoms with Crippen LogP contribution in [0.2, 0.25) is 0 Å². The van der Waals surface area contributed by atoms with Gasteiger partial charge in [-0.15, -0.1) is 5.10 Å². The number of morpholine rings is 1. The van der Waals surface area contributed by atoms with Gasteiger partial charge < -0.3 is 24.2 Å². The van der Waals surface area contributed by atoms with Crippen LogP contribution >= 0.6 is 0 Å². The van der Waals surface area contributed by atoms with Gasteiger partial charge >= 0.3 is 12.2 Å². The number of amides is 2. The van der Waals surface area contributed by atoms with Crippen molar-refractivity contribution in [2.75, 3.05) is 31.6 Å². The average Bonchev–Trinajstić information content (AvgIpc) is 3.14. The molecule has 2 heterocycles. The second kappa shape index (κ2) is 10.0. The molecular weight excluding hydrogens is 428 g/mol. The number of carboxylic acid groups (broad SMARTS) is 1. The molecule has 2 N–H and O–H groups in total. The van der Waals surface area contributed by atoms with E-state index in [2.05, 4.69) is 10.4 Å². The lowest BCUT2D eigenvalue weighted by atomic mass is 10.3. The molecular formula is C23H24N4O6. The van der Waals surface area contributed by atoms with E-state index in [4.69, 9.17) is 14.2 Å². The molecule has 2 aromatic carbocycles. The van der Waals surface area contributed by atoms with Crippen molar-refractivity contribution in [2.45, 2.75) is 13.0 Å². The Bertz CT molecular complexity index is 1100. The van der Waals surface area contributed by atoms with Crippen molar-refractivity contribution in [1.29, 1.82) is 0 Å². The number of rotatable bonds is 6. The van der Waals surface area contributed by atoms with Crippen molar-refractivity contribution in [3.63, 3.8) is 0 Å². The van der Waals surface area contributed by atoms with Gasteiger partial charge in [-0.05, 0) is 31.2 Å². The second-order valence-electron chi connectivity index (χ2n) is 7.39. The quantitative estimate of drug-likeness (QED) is 0.588. The molecule has 0 spiro atoms. The summed E-state index contributed by atoms with van der Waals surface area (Å²) < 4.78 is 18.4. The van der Waals surface area contributed by atoms with Gasteiger partial charge in [0.05, 0.1) is 24.4 Å². The molecule has 0 saturated carbocycles. The first kappa shape index (κ1) is 22.2. The van der Waals surface area contributed by atoms with Gasteiger partial charge in [-0.3, -0.25) is 5.32 Å². The summed E-state index contributed by atoms with van der Waals surface area (Å²) in [5.41, 5.74) is 1.31. The van der Waals surface area contributed by atoms with Crippen molar-refractivity contribution >= 4 is 18.0 Å². The topological polar surface area (TPSA) is 115 Å². The van der Waals surface area contributed by atoms with Crippen LogP contribution < -0.4 is 14.8 Å². The fraction of sp³-hybridized carbons (Fsp3) is 0.261. The standard InChI is InChI=1S/C23H24N4O6/c1-16-20(24-22(28)33-18-10-6-3-7-11-18)27(17-8-4-2-5-9-17)25-21(16)32-15-19-14-26(23(29)30)12-13-31-19/h2-11,19H,12-15H2,1H3,(H,24,28)(H,29,30). The highest BCUT2D eigenvalue weighted by Crippen LogP contribution is 2.29. The van der Waals surface area contributed by atoms with E-state index in [-0.39, 0.29) is 13.2 Å². The Morgan fingerprint density at radius 1 is 1.15 bits per heavy atom. The van der Waals surface area contributed by atoms with Gasteiger partial charge in [0, 0.05) is 6.54 Å². The van der Waals surface area contributed by atoms with E-state index in [9.17, 15) is 14.7 Å². The maximum absolute atomic E-state index is 12.5. The van der Waals surface area contributed by atoms with Crippen molar-refractivity contribution in [3.8, 4) is 17.3 Å². The predicted molar refractivity (Wildman–Crippen MR) is 119 cm³/mol. The van der Waals surface area contributed by atoms with Crippen LogP contribution in [0.1, 0.15) is 5.56 Å². The van der Waals surface area contributed by atoms with E-state index in [0.29, 0.717) is 36.2 Å². The molecule has 3 aromatic rings. The molecule has 10 heteroatoms. The highest BCUT2D eigenvalue weighted by Gasteiger charge is 2.26. The highest BCUT2D eigenvalue weighted by atomic mass is 16.6. The Morgan fingerprint density at radius 3 is 2.55 bits per heavy atom. The number of hydrogen-bond acceptors (Lipinski definition) is 6. The van der Waals surface area contributed by atoms with E-state index >= 15 is 0 Å². The summed E-state index contributed by atoms with van der Waals surface area (Å²) in [6.45, 7) is 2.72. The lowest BCUT2D eigenvalue weighted by Gasteiger charge is -2.30.